The molecule has 1 amide bonds. The van der Waals surface area contributed by atoms with Crippen molar-refractivity contribution in [2.24, 2.45) is 0 Å². The standard InChI is InChI=1S/C23H22FN5O3/c1-14-11-22(27-23(25-14)16-3-6-19(7-4-16)29(31)32)26-21-9-10-28(15(2)30)13-17-12-18(24)5-8-20(17)21/h3-8,11-12,21H,9-10,13H2,1-2H3,(H,25,26,27). The average molecular weight is 435 g/mol. The zero-order valence-electron chi connectivity index (χ0n) is 17.7. The lowest BCUT2D eigenvalue weighted by Crippen LogP contribution is -2.28. The van der Waals surface area contributed by atoms with E-state index in [0.29, 0.717) is 36.7 Å². The first-order valence-electron chi connectivity index (χ1n) is 10.2. The van der Waals surface area contributed by atoms with E-state index in [1.54, 1.807) is 23.1 Å². The van der Waals surface area contributed by atoms with Crippen LogP contribution in [0.4, 0.5) is 15.9 Å². The number of aromatic nitrogens is 2. The number of carbonyl (C=O) groups is 1. The van der Waals surface area contributed by atoms with Gasteiger partial charge in [-0.05, 0) is 48.7 Å². The number of benzene rings is 2. The normalized spacial score (nSPS) is 15.6. The molecule has 0 bridgehead atoms. The van der Waals surface area contributed by atoms with Crippen LogP contribution in [0.2, 0.25) is 0 Å². The Morgan fingerprint density at radius 2 is 1.94 bits per heavy atom. The Balaban J connectivity index is 1.65. The molecule has 0 saturated carbocycles. The van der Waals surface area contributed by atoms with E-state index >= 15 is 0 Å². The van der Waals surface area contributed by atoms with Crippen LogP contribution in [0, 0.1) is 22.9 Å². The summed E-state index contributed by atoms with van der Waals surface area (Å²) < 4.78 is 13.9. The predicted molar refractivity (Wildman–Crippen MR) is 117 cm³/mol. The minimum atomic E-state index is -0.454. The van der Waals surface area contributed by atoms with Crippen LogP contribution in [0.15, 0.2) is 48.5 Å². The molecule has 2 heterocycles. The monoisotopic (exact) mass is 435 g/mol. The van der Waals surface area contributed by atoms with Crippen molar-refractivity contribution in [3.8, 4) is 11.4 Å². The topological polar surface area (TPSA) is 101 Å². The maximum Gasteiger partial charge on any atom is 0.269 e. The fourth-order valence-electron chi connectivity index (χ4n) is 3.88. The minimum absolute atomic E-state index is 0.00271. The Labute approximate surface area is 184 Å². The van der Waals surface area contributed by atoms with Gasteiger partial charge in [0, 0.05) is 49.5 Å². The molecule has 2 aromatic carbocycles. The largest absolute Gasteiger partial charge is 0.363 e. The van der Waals surface area contributed by atoms with Crippen molar-refractivity contribution in [3.63, 3.8) is 0 Å². The molecule has 0 spiro atoms. The molecule has 1 unspecified atom stereocenters. The smallest absolute Gasteiger partial charge is 0.269 e. The number of hydrogen-bond donors (Lipinski definition) is 1. The summed E-state index contributed by atoms with van der Waals surface area (Å²) in [6.45, 7) is 4.24. The maximum atomic E-state index is 13.9. The summed E-state index contributed by atoms with van der Waals surface area (Å²) in [6.07, 6.45) is 0.633. The van der Waals surface area contributed by atoms with E-state index in [2.05, 4.69) is 15.3 Å². The highest BCUT2D eigenvalue weighted by molar-refractivity contribution is 5.73. The SMILES string of the molecule is CC(=O)N1CCC(Nc2cc(C)nc(-c3ccc([N+](=O)[O-])cc3)n2)c2ccc(F)cc2C1. The van der Waals surface area contributed by atoms with E-state index in [1.165, 1.54) is 31.2 Å². The summed E-state index contributed by atoms with van der Waals surface area (Å²) in [5.74, 6) is 0.633. The summed E-state index contributed by atoms with van der Waals surface area (Å²) in [4.78, 5) is 33.2. The highest BCUT2D eigenvalue weighted by Gasteiger charge is 2.24. The second kappa shape index (κ2) is 8.70. The molecule has 3 aromatic rings. The molecular formula is C23H22FN5O3. The van der Waals surface area contributed by atoms with Gasteiger partial charge in [-0.3, -0.25) is 14.9 Å². The third-order valence-electron chi connectivity index (χ3n) is 5.49. The minimum Gasteiger partial charge on any atom is -0.363 e. The van der Waals surface area contributed by atoms with Gasteiger partial charge in [0.1, 0.15) is 11.6 Å². The van der Waals surface area contributed by atoms with Gasteiger partial charge in [-0.2, -0.15) is 0 Å². The predicted octanol–water partition coefficient (Wildman–Crippen LogP) is 4.40. The fraction of sp³-hybridized carbons (Fsp3) is 0.261. The molecule has 0 fully saturated rings. The first-order chi connectivity index (χ1) is 15.3. The number of nitrogens with zero attached hydrogens (tertiary/aromatic N) is 4. The summed E-state index contributed by atoms with van der Waals surface area (Å²) >= 11 is 0. The molecule has 8 nitrogen and oxygen atoms in total. The number of amides is 1. The van der Waals surface area contributed by atoms with E-state index < -0.39 is 4.92 Å². The van der Waals surface area contributed by atoms with E-state index in [4.69, 9.17) is 0 Å². The quantitative estimate of drug-likeness (QED) is 0.481. The van der Waals surface area contributed by atoms with Gasteiger partial charge in [0.15, 0.2) is 5.82 Å². The molecule has 1 aromatic heterocycles. The summed E-state index contributed by atoms with van der Waals surface area (Å²) in [5.41, 5.74) is 3.07. The Morgan fingerprint density at radius 1 is 1.19 bits per heavy atom. The second-order valence-corrected chi connectivity index (χ2v) is 7.79. The number of fused-ring (bicyclic) bond motifs is 1. The van der Waals surface area contributed by atoms with Crippen molar-refractivity contribution in [2.45, 2.75) is 32.9 Å². The molecule has 1 aliphatic rings. The molecule has 32 heavy (non-hydrogen) atoms. The lowest BCUT2D eigenvalue weighted by atomic mass is 9.99. The number of rotatable bonds is 4. The number of nitro groups is 1. The number of hydrogen-bond acceptors (Lipinski definition) is 6. The maximum absolute atomic E-state index is 13.9. The number of anilines is 1. The number of carbonyl (C=O) groups excluding carboxylic acids is 1. The van der Waals surface area contributed by atoms with Crippen LogP contribution in [0.25, 0.3) is 11.4 Å². The lowest BCUT2D eigenvalue weighted by Gasteiger charge is -2.20. The molecule has 1 atom stereocenters. The van der Waals surface area contributed by atoms with Crippen molar-refractivity contribution in [1.29, 1.82) is 0 Å². The van der Waals surface area contributed by atoms with E-state index in [0.717, 1.165) is 16.8 Å². The first-order valence-corrected chi connectivity index (χ1v) is 10.2. The van der Waals surface area contributed by atoms with Crippen LogP contribution in [0.1, 0.15) is 36.2 Å². The summed E-state index contributed by atoms with van der Waals surface area (Å²) in [5, 5.41) is 14.3. The van der Waals surface area contributed by atoms with Crippen LogP contribution in [0.5, 0.6) is 0 Å². The molecule has 9 heteroatoms. The van der Waals surface area contributed by atoms with E-state index in [1.807, 2.05) is 13.0 Å². The molecule has 0 aliphatic carbocycles. The van der Waals surface area contributed by atoms with Crippen molar-refractivity contribution in [2.75, 3.05) is 11.9 Å². The van der Waals surface area contributed by atoms with Crippen LogP contribution in [-0.2, 0) is 11.3 Å². The molecule has 0 radical (unpaired) electrons. The van der Waals surface area contributed by atoms with Crippen molar-refractivity contribution < 1.29 is 14.1 Å². The Hall–Kier alpha value is -3.88. The van der Waals surface area contributed by atoms with Gasteiger partial charge in [0.05, 0.1) is 11.0 Å². The van der Waals surface area contributed by atoms with Crippen LogP contribution < -0.4 is 5.32 Å². The number of nitro benzene ring substituents is 1. The van der Waals surface area contributed by atoms with Gasteiger partial charge < -0.3 is 10.2 Å². The molecular weight excluding hydrogens is 413 g/mol. The number of aryl methyl sites for hydroxylation is 1. The highest BCUT2D eigenvalue weighted by atomic mass is 19.1. The van der Waals surface area contributed by atoms with E-state index in [-0.39, 0.29) is 23.5 Å². The van der Waals surface area contributed by atoms with Gasteiger partial charge in [-0.25, -0.2) is 14.4 Å². The molecule has 0 saturated heterocycles. The van der Waals surface area contributed by atoms with Crippen LogP contribution in [-0.4, -0.2) is 32.2 Å². The lowest BCUT2D eigenvalue weighted by molar-refractivity contribution is -0.384. The average Bonchev–Trinajstić information content (AvgIpc) is 2.92. The highest BCUT2D eigenvalue weighted by Crippen LogP contribution is 2.31. The Morgan fingerprint density at radius 3 is 2.62 bits per heavy atom. The molecule has 1 N–H and O–H groups in total. The third-order valence-corrected chi connectivity index (χ3v) is 5.49. The van der Waals surface area contributed by atoms with Gasteiger partial charge in [-0.1, -0.05) is 6.07 Å². The molecule has 164 valence electrons. The summed E-state index contributed by atoms with van der Waals surface area (Å²) in [6, 6.07) is 12.3. The van der Waals surface area contributed by atoms with Gasteiger partial charge in [-0.15, -0.1) is 0 Å². The van der Waals surface area contributed by atoms with Gasteiger partial charge >= 0.3 is 0 Å². The van der Waals surface area contributed by atoms with Crippen LogP contribution in [0.3, 0.4) is 0 Å². The van der Waals surface area contributed by atoms with Gasteiger partial charge in [0.25, 0.3) is 5.69 Å². The second-order valence-electron chi connectivity index (χ2n) is 7.79. The van der Waals surface area contributed by atoms with Crippen molar-refractivity contribution >= 4 is 17.4 Å². The number of nitrogens with one attached hydrogen (secondary N) is 1. The van der Waals surface area contributed by atoms with Crippen molar-refractivity contribution in [1.82, 2.24) is 14.9 Å². The Kier molecular flexibility index (Phi) is 5.81. The molecule has 4 rings (SSSR count). The zero-order chi connectivity index (χ0) is 22.8. The third kappa shape index (κ3) is 4.56. The van der Waals surface area contributed by atoms with Crippen LogP contribution >= 0.6 is 0 Å². The number of non-ortho nitro benzene ring substituents is 1. The van der Waals surface area contributed by atoms with E-state index in [9.17, 15) is 19.3 Å². The summed E-state index contributed by atoms with van der Waals surface area (Å²) in [7, 11) is 0. The molecule has 1 aliphatic heterocycles. The fourth-order valence-corrected chi connectivity index (χ4v) is 3.88. The first kappa shape index (κ1) is 21.4. The number of halogens is 1. The van der Waals surface area contributed by atoms with Crippen molar-refractivity contribution in [3.05, 3.63) is 81.3 Å². The zero-order valence-corrected chi connectivity index (χ0v) is 17.7. The Bertz CT molecular complexity index is 1180. The van der Waals surface area contributed by atoms with Gasteiger partial charge in [0.2, 0.25) is 5.91 Å².